The Morgan fingerprint density at radius 1 is 1.00 bits per heavy atom. The molecular formula is C16H12FNO3S. The fourth-order valence-corrected chi connectivity index (χ4v) is 3.32. The van der Waals surface area contributed by atoms with E-state index in [0.717, 1.165) is 11.6 Å². The molecule has 6 heteroatoms. The summed E-state index contributed by atoms with van der Waals surface area (Å²) in [6.45, 7) is 0. The van der Waals surface area contributed by atoms with Crippen LogP contribution in [0.3, 0.4) is 0 Å². The van der Waals surface area contributed by atoms with Gasteiger partial charge < -0.3 is 4.42 Å². The predicted octanol–water partition coefficient (Wildman–Crippen LogP) is 3.45. The van der Waals surface area contributed by atoms with E-state index in [2.05, 4.69) is 4.98 Å². The van der Waals surface area contributed by atoms with Crippen LogP contribution in [0, 0.1) is 5.82 Å². The lowest BCUT2D eigenvalue weighted by Gasteiger charge is -2.03. The Morgan fingerprint density at radius 2 is 1.68 bits per heavy atom. The molecule has 0 atom stereocenters. The van der Waals surface area contributed by atoms with Gasteiger partial charge in [0.25, 0.3) is 0 Å². The summed E-state index contributed by atoms with van der Waals surface area (Å²) in [5.41, 5.74) is 0.796. The van der Waals surface area contributed by atoms with Crippen molar-refractivity contribution >= 4 is 9.84 Å². The summed E-state index contributed by atoms with van der Waals surface area (Å²) >= 11 is 0. The predicted molar refractivity (Wildman–Crippen MR) is 79.2 cm³/mol. The van der Waals surface area contributed by atoms with Crippen LogP contribution in [-0.4, -0.2) is 13.4 Å². The molecule has 1 aromatic heterocycles. The number of oxazole rings is 1. The van der Waals surface area contributed by atoms with E-state index >= 15 is 0 Å². The van der Waals surface area contributed by atoms with Gasteiger partial charge in [0, 0.05) is 5.56 Å². The lowest BCUT2D eigenvalue weighted by Crippen LogP contribution is -2.07. The second-order valence-electron chi connectivity index (χ2n) is 4.67. The van der Waals surface area contributed by atoms with Gasteiger partial charge in [-0.1, -0.05) is 42.5 Å². The van der Waals surface area contributed by atoms with Gasteiger partial charge in [-0.25, -0.2) is 17.8 Å². The average molecular weight is 317 g/mol. The van der Waals surface area contributed by atoms with E-state index in [-0.39, 0.29) is 10.8 Å². The first-order valence-corrected chi connectivity index (χ1v) is 8.19. The molecule has 4 nitrogen and oxygen atoms in total. The first-order chi connectivity index (χ1) is 10.6. The second-order valence-corrected chi connectivity index (χ2v) is 6.63. The van der Waals surface area contributed by atoms with Gasteiger partial charge in [-0.3, -0.25) is 0 Å². The van der Waals surface area contributed by atoms with Gasteiger partial charge in [-0.2, -0.15) is 0 Å². The second kappa shape index (κ2) is 5.73. The summed E-state index contributed by atoms with van der Waals surface area (Å²) in [5.74, 6) is -0.764. The zero-order valence-electron chi connectivity index (χ0n) is 11.4. The number of hydrogen-bond acceptors (Lipinski definition) is 4. The third-order valence-corrected chi connectivity index (χ3v) is 4.73. The van der Waals surface area contributed by atoms with Crippen molar-refractivity contribution in [3.63, 3.8) is 0 Å². The van der Waals surface area contributed by atoms with Crippen LogP contribution in [0.25, 0.3) is 11.3 Å². The average Bonchev–Trinajstić information content (AvgIpc) is 2.96. The Hall–Kier alpha value is -2.47. The molecule has 1 heterocycles. The third-order valence-electron chi connectivity index (χ3n) is 3.10. The van der Waals surface area contributed by atoms with E-state index in [1.54, 1.807) is 0 Å². The summed E-state index contributed by atoms with van der Waals surface area (Å²) < 4.78 is 43.5. The Labute approximate surface area is 127 Å². The van der Waals surface area contributed by atoms with Crippen LogP contribution >= 0.6 is 0 Å². The Kier molecular flexibility index (Phi) is 3.77. The van der Waals surface area contributed by atoms with Crippen molar-refractivity contribution in [1.29, 1.82) is 0 Å². The van der Waals surface area contributed by atoms with Gasteiger partial charge in [0.1, 0.15) is 16.5 Å². The first kappa shape index (κ1) is 14.5. The smallest absolute Gasteiger partial charge is 0.210 e. The number of hydrogen-bond donors (Lipinski definition) is 0. The van der Waals surface area contributed by atoms with Crippen LogP contribution in [0.2, 0.25) is 0 Å². The van der Waals surface area contributed by atoms with Crippen LogP contribution in [0.1, 0.15) is 5.89 Å². The Balaban J connectivity index is 1.88. The van der Waals surface area contributed by atoms with Crippen molar-refractivity contribution in [2.45, 2.75) is 10.6 Å². The lowest BCUT2D eigenvalue weighted by atomic mass is 10.2. The minimum atomic E-state index is -3.84. The molecule has 0 N–H and O–H groups in total. The van der Waals surface area contributed by atoms with Crippen molar-refractivity contribution in [3.8, 4) is 11.3 Å². The van der Waals surface area contributed by atoms with E-state index in [9.17, 15) is 12.8 Å². The van der Waals surface area contributed by atoms with E-state index in [1.807, 2.05) is 30.3 Å². The van der Waals surface area contributed by atoms with Crippen LogP contribution in [0.5, 0.6) is 0 Å². The van der Waals surface area contributed by atoms with E-state index in [0.29, 0.717) is 5.76 Å². The van der Waals surface area contributed by atoms with E-state index in [4.69, 9.17) is 4.42 Å². The summed E-state index contributed by atoms with van der Waals surface area (Å²) in [5, 5.41) is 0. The van der Waals surface area contributed by atoms with E-state index < -0.39 is 21.4 Å². The zero-order valence-corrected chi connectivity index (χ0v) is 12.3. The van der Waals surface area contributed by atoms with E-state index in [1.165, 1.54) is 24.4 Å². The maximum atomic E-state index is 13.6. The highest BCUT2D eigenvalue weighted by atomic mass is 32.2. The van der Waals surface area contributed by atoms with Crippen LogP contribution < -0.4 is 0 Å². The van der Waals surface area contributed by atoms with Gasteiger partial charge in [0.15, 0.2) is 15.6 Å². The molecule has 3 aromatic rings. The highest BCUT2D eigenvalue weighted by Crippen LogP contribution is 2.23. The summed E-state index contributed by atoms with van der Waals surface area (Å²) in [7, 11) is -3.84. The van der Waals surface area contributed by atoms with Gasteiger partial charge in [-0.05, 0) is 12.1 Å². The lowest BCUT2D eigenvalue weighted by molar-refractivity contribution is 0.516. The SMILES string of the molecule is O=S(=O)(Cc1ncc(-c2ccccc2)o1)c1ccccc1F. The number of sulfone groups is 1. The standard InChI is InChI=1S/C16H12FNO3S/c17-13-8-4-5-9-15(13)22(19,20)11-16-18-10-14(21-16)12-6-2-1-3-7-12/h1-10H,11H2. The fraction of sp³-hybridized carbons (Fsp3) is 0.0625. The largest absolute Gasteiger partial charge is 0.440 e. The highest BCUT2D eigenvalue weighted by Gasteiger charge is 2.22. The van der Waals surface area contributed by atoms with Gasteiger partial charge in [0.2, 0.25) is 5.89 Å². The Morgan fingerprint density at radius 3 is 2.41 bits per heavy atom. The molecule has 0 spiro atoms. The van der Waals surface area contributed by atoms with Crippen molar-refractivity contribution < 1.29 is 17.2 Å². The number of rotatable bonds is 4. The van der Waals surface area contributed by atoms with Crippen molar-refractivity contribution in [3.05, 3.63) is 72.5 Å². The molecule has 0 aliphatic heterocycles. The molecule has 0 bridgehead atoms. The minimum Gasteiger partial charge on any atom is -0.440 e. The fourth-order valence-electron chi connectivity index (χ4n) is 2.05. The topological polar surface area (TPSA) is 60.2 Å². The quantitative estimate of drug-likeness (QED) is 0.739. The van der Waals surface area contributed by atoms with Crippen molar-refractivity contribution in [2.75, 3.05) is 0 Å². The minimum absolute atomic E-state index is 0.0297. The van der Waals surface area contributed by atoms with Gasteiger partial charge >= 0.3 is 0 Å². The molecule has 0 fully saturated rings. The monoisotopic (exact) mass is 317 g/mol. The van der Waals surface area contributed by atoms with Gasteiger partial charge in [-0.15, -0.1) is 0 Å². The third kappa shape index (κ3) is 2.92. The number of halogens is 1. The molecule has 0 unspecified atom stereocenters. The number of benzene rings is 2. The molecule has 0 saturated carbocycles. The normalized spacial score (nSPS) is 11.5. The highest BCUT2D eigenvalue weighted by molar-refractivity contribution is 7.90. The molecule has 0 saturated heterocycles. The van der Waals surface area contributed by atoms with Crippen LogP contribution in [0.4, 0.5) is 4.39 Å². The summed E-state index contributed by atoms with van der Waals surface area (Å²) in [6, 6.07) is 14.5. The Bertz CT molecular complexity index is 889. The van der Waals surface area contributed by atoms with Crippen molar-refractivity contribution in [1.82, 2.24) is 4.98 Å². The number of nitrogens with zero attached hydrogens (tertiary/aromatic N) is 1. The molecule has 22 heavy (non-hydrogen) atoms. The molecule has 0 radical (unpaired) electrons. The van der Waals surface area contributed by atoms with Crippen molar-refractivity contribution in [2.24, 2.45) is 0 Å². The molecule has 112 valence electrons. The maximum Gasteiger partial charge on any atom is 0.210 e. The first-order valence-electron chi connectivity index (χ1n) is 6.54. The van der Waals surface area contributed by atoms with Crippen LogP contribution in [-0.2, 0) is 15.6 Å². The summed E-state index contributed by atoms with van der Waals surface area (Å²) in [6.07, 6.45) is 1.46. The molecule has 0 amide bonds. The molecule has 0 aliphatic carbocycles. The molecule has 0 aliphatic rings. The van der Waals surface area contributed by atoms with Crippen LogP contribution in [0.15, 0.2) is 70.1 Å². The zero-order chi connectivity index (χ0) is 15.6. The molecular weight excluding hydrogens is 305 g/mol. The molecule has 3 rings (SSSR count). The molecule has 2 aromatic carbocycles. The van der Waals surface area contributed by atoms with Gasteiger partial charge in [0.05, 0.1) is 6.20 Å². The maximum absolute atomic E-state index is 13.6. The summed E-state index contributed by atoms with van der Waals surface area (Å²) in [4.78, 5) is 3.61. The number of aromatic nitrogens is 1.